The van der Waals surface area contributed by atoms with Crippen molar-refractivity contribution >= 4 is 39.2 Å². The van der Waals surface area contributed by atoms with Crippen molar-refractivity contribution in [3.63, 3.8) is 0 Å². The van der Waals surface area contributed by atoms with Gasteiger partial charge in [-0.05, 0) is 48.4 Å². The van der Waals surface area contributed by atoms with Crippen molar-refractivity contribution in [2.75, 3.05) is 11.9 Å². The Hall–Kier alpha value is -2.58. The first-order valence-corrected chi connectivity index (χ1v) is 12.1. The lowest BCUT2D eigenvalue weighted by Crippen LogP contribution is -2.36. The Morgan fingerprint density at radius 3 is 2.22 bits per heavy atom. The highest BCUT2D eigenvalue weighted by Gasteiger charge is 2.23. The van der Waals surface area contributed by atoms with Crippen molar-refractivity contribution in [1.29, 1.82) is 0 Å². The molecule has 7 nitrogen and oxygen atoms in total. The zero-order valence-corrected chi connectivity index (χ0v) is 20.5. The molecule has 0 aliphatic rings. The highest BCUT2D eigenvalue weighted by molar-refractivity contribution is 7.87. The van der Waals surface area contributed by atoms with E-state index >= 15 is 0 Å². The van der Waals surface area contributed by atoms with Crippen LogP contribution in [0.3, 0.4) is 0 Å². The van der Waals surface area contributed by atoms with E-state index in [9.17, 15) is 18.0 Å². The molecule has 2 aromatic rings. The van der Waals surface area contributed by atoms with Crippen LogP contribution in [-0.2, 0) is 26.3 Å². The number of carbonyl (C=O) groups is 2. The first-order chi connectivity index (χ1) is 14.9. The number of amides is 2. The van der Waals surface area contributed by atoms with Crippen LogP contribution in [0.4, 0.5) is 5.69 Å². The minimum Gasteiger partial charge on any atom is -0.379 e. The minimum absolute atomic E-state index is 0.0407. The Bertz CT molecular complexity index is 1070. The molecule has 0 bridgehead atoms. The molecule has 2 amide bonds. The number of anilines is 1. The molecule has 0 saturated carbocycles. The molecule has 0 unspecified atom stereocenters. The van der Waals surface area contributed by atoms with Gasteiger partial charge in [0.25, 0.3) is 0 Å². The topological polar surface area (TPSA) is 92.8 Å². The summed E-state index contributed by atoms with van der Waals surface area (Å²) in [4.78, 5) is 25.5. The van der Waals surface area contributed by atoms with Crippen molar-refractivity contribution in [2.45, 2.75) is 46.1 Å². The Balaban J connectivity index is 2.34. The van der Waals surface area contributed by atoms with E-state index in [-0.39, 0.29) is 40.8 Å². The van der Waals surface area contributed by atoms with Crippen LogP contribution in [0.5, 0.6) is 5.75 Å². The largest absolute Gasteiger partial charge is 0.379 e. The molecule has 0 aromatic heterocycles. The molecule has 0 aliphatic heterocycles. The molecule has 0 saturated heterocycles. The second-order valence-electron chi connectivity index (χ2n) is 8.26. The second kappa shape index (κ2) is 10.8. The number of hydrogen-bond donors (Lipinski definition) is 1. The van der Waals surface area contributed by atoms with Gasteiger partial charge in [-0.3, -0.25) is 9.59 Å². The summed E-state index contributed by atoms with van der Waals surface area (Å²) in [5.41, 5.74) is 0.964. The van der Waals surface area contributed by atoms with Crippen molar-refractivity contribution in [1.82, 2.24) is 4.90 Å². The van der Waals surface area contributed by atoms with Crippen LogP contribution in [0.15, 0.2) is 47.4 Å². The van der Waals surface area contributed by atoms with Crippen LogP contribution in [-0.4, -0.2) is 31.7 Å². The summed E-state index contributed by atoms with van der Waals surface area (Å²) in [6.45, 7) is 9.70. The molecule has 2 aromatic carbocycles. The summed E-state index contributed by atoms with van der Waals surface area (Å²) in [5, 5.41) is 2.99. The van der Waals surface area contributed by atoms with Gasteiger partial charge in [-0.15, -0.1) is 0 Å². The van der Waals surface area contributed by atoms with E-state index in [1.165, 1.54) is 43.3 Å². The maximum Gasteiger partial charge on any atom is 0.339 e. The number of rotatable bonds is 9. The summed E-state index contributed by atoms with van der Waals surface area (Å²) in [6.07, 6.45) is 0. The van der Waals surface area contributed by atoms with E-state index in [2.05, 4.69) is 5.32 Å². The monoisotopic (exact) mass is 480 g/mol. The standard InChI is InChI=1S/C23H29ClN2O5S/c1-15(2)13-26(23(28)16(3)4)14-18-12-19(24)6-11-22(18)31-32(29,30)21-9-7-20(8-10-21)25-17(5)27/h6-12,15-16H,13-14H2,1-5H3,(H,25,27). The van der Waals surface area contributed by atoms with Crippen LogP contribution < -0.4 is 9.50 Å². The summed E-state index contributed by atoms with van der Waals surface area (Å²) < 4.78 is 31.1. The molecule has 174 valence electrons. The Labute approximate surface area is 194 Å². The number of hydrogen-bond acceptors (Lipinski definition) is 5. The number of halogens is 1. The van der Waals surface area contributed by atoms with Gasteiger partial charge in [0.05, 0.1) is 0 Å². The van der Waals surface area contributed by atoms with Crippen molar-refractivity contribution in [3.8, 4) is 5.75 Å². The van der Waals surface area contributed by atoms with Crippen LogP contribution in [0.2, 0.25) is 5.02 Å². The van der Waals surface area contributed by atoms with E-state index < -0.39 is 10.1 Å². The highest BCUT2D eigenvalue weighted by atomic mass is 35.5. The molecular formula is C23H29ClN2O5S. The van der Waals surface area contributed by atoms with Gasteiger partial charge >= 0.3 is 10.1 Å². The average molecular weight is 481 g/mol. The molecule has 0 radical (unpaired) electrons. The third kappa shape index (κ3) is 7.24. The van der Waals surface area contributed by atoms with E-state index in [0.29, 0.717) is 22.8 Å². The molecule has 0 aliphatic carbocycles. The first-order valence-electron chi connectivity index (χ1n) is 10.3. The average Bonchev–Trinajstić information content (AvgIpc) is 2.68. The number of nitrogens with zero attached hydrogens (tertiary/aromatic N) is 1. The SMILES string of the molecule is CC(=O)Nc1ccc(S(=O)(=O)Oc2ccc(Cl)cc2CN(CC(C)C)C(=O)C(C)C)cc1. The van der Waals surface area contributed by atoms with E-state index in [1.807, 2.05) is 27.7 Å². The maximum atomic E-state index is 12.9. The van der Waals surface area contributed by atoms with Gasteiger partial charge in [-0.1, -0.05) is 39.3 Å². The third-order valence-electron chi connectivity index (χ3n) is 4.44. The fourth-order valence-electron chi connectivity index (χ4n) is 3.07. The number of benzene rings is 2. The zero-order valence-electron chi connectivity index (χ0n) is 18.9. The lowest BCUT2D eigenvalue weighted by atomic mass is 10.1. The zero-order chi connectivity index (χ0) is 24.1. The van der Waals surface area contributed by atoms with Gasteiger partial charge < -0.3 is 14.4 Å². The molecule has 32 heavy (non-hydrogen) atoms. The quantitative estimate of drug-likeness (QED) is 0.525. The molecule has 0 fully saturated rings. The van der Waals surface area contributed by atoms with Crippen LogP contribution >= 0.6 is 11.6 Å². The number of nitrogens with one attached hydrogen (secondary N) is 1. The van der Waals surface area contributed by atoms with Crippen molar-refractivity contribution in [3.05, 3.63) is 53.1 Å². The van der Waals surface area contributed by atoms with Gasteiger partial charge in [0.2, 0.25) is 11.8 Å². The predicted octanol–water partition coefficient (Wildman–Crippen LogP) is 4.71. The normalized spacial score (nSPS) is 11.5. The lowest BCUT2D eigenvalue weighted by molar-refractivity contribution is -0.135. The van der Waals surface area contributed by atoms with Crippen LogP contribution in [0, 0.1) is 11.8 Å². The smallest absolute Gasteiger partial charge is 0.339 e. The van der Waals surface area contributed by atoms with E-state index in [1.54, 1.807) is 11.0 Å². The molecule has 0 atom stereocenters. The van der Waals surface area contributed by atoms with E-state index in [4.69, 9.17) is 15.8 Å². The van der Waals surface area contributed by atoms with Crippen molar-refractivity contribution < 1.29 is 22.2 Å². The highest BCUT2D eigenvalue weighted by Crippen LogP contribution is 2.28. The first kappa shape index (κ1) is 25.7. The van der Waals surface area contributed by atoms with Gasteiger partial charge in [0, 0.05) is 42.2 Å². The second-order valence-corrected chi connectivity index (χ2v) is 10.2. The summed E-state index contributed by atoms with van der Waals surface area (Å²) in [6, 6.07) is 10.3. The van der Waals surface area contributed by atoms with Gasteiger partial charge in [-0.25, -0.2) is 0 Å². The van der Waals surface area contributed by atoms with Crippen LogP contribution in [0.1, 0.15) is 40.2 Å². The van der Waals surface area contributed by atoms with Gasteiger partial charge in [-0.2, -0.15) is 8.42 Å². The fraction of sp³-hybridized carbons (Fsp3) is 0.391. The van der Waals surface area contributed by atoms with Crippen molar-refractivity contribution in [2.24, 2.45) is 11.8 Å². The Kier molecular flexibility index (Phi) is 8.69. The Morgan fingerprint density at radius 2 is 1.69 bits per heavy atom. The summed E-state index contributed by atoms with van der Waals surface area (Å²) in [7, 11) is -4.15. The van der Waals surface area contributed by atoms with Crippen LogP contribution in [0.25, 0.3) is 0 Å². The summed E-state index contributed by atoms with van der Waals surface area (Å²) >= 11 is 6.15. The minimum atomic E-state index is -4.15. The predicted molar refractivity (Wildman–Crippen MR) is 125 cm³/mol. The third-order valence-corrected chi connectivity index (χ3v) is 5.92. The van der Waals surface area contributed by atoms with Gasteiger partial charge in [0.15, 0.2) is 0 Å². The maximum absolute atomic E-state index is 12.9. The molecule has 9 heteroatoms. The molecule has 2 rings (SSSR count). The van der Waals surface area contributed by atoms with E-state index in [0.717, 1.165) is 0 Å². The molecule has 0 heterocycles. The molecule has 1 N–H and O–H groups in total. The molecular weight excluding hydrogens is 452 g/mol. The fourth-order valence-corrected chi connectivity index (χ4v) is 4.23. The molecule has 0 spiro atoms. The number of carbonyl (C=O) groups excluding carboxylic acids is 2. The summed E-state index contributed by atoms with van der Waals surface area (Å²) in [5.74, 6) is -0.175. The lowest BCUT2D eigenvalue weighted by Gasteiger charge is -2.27. The Morgan fingerprint density at radius 1 is 1.06 bits per heavy atom. The van der Waals surface area contributed by atoms with Gasteiger partial charge in [0.1, 0.15) is 10.6 Å².